The summed E-state index contributed by atoms with van der Waals surface area (Å²) in [6.07, 6.45) is 0. The zero-order valence-electron chi connectivity index (χ0n) is 8.73. The fourth-order valence-corrected chi connectivity index (χ4v) is 2.42. The molecule has 1 aromatic rings. The van der Waals surface area contributed by atoms with Crippen molar-refractivity contribution in [1.29, 1.82) is 0 Å². The van der Waals surface area contributed by atoms with Gasteiger partial charge >= 0.3 is 0 Å². The van der Waals surface area contributed by atoms with Gasteiger partial charge in [-0.15, -0.1) is 0 Å². The molecule has 1 rings (SSSR count). The summed E-state index contributed by atoms with van der Waals surface area (Å²) in [5.41, 5.74) is 11.2. The van der Waals surface area contributed by atoms with Crippen molar-refractivity contribution in [1.82, 2.24) is 4.72 Å². The number of primary amides is 1. The molecule has 16 heavy (non-hydrogen) atoms. The summed E-state index contributed by atoms with van der Waals surface area (Å²) in [5.74, 6) is -0.745. The molecular weight excluding hydrogens is 230 g/mol. The number of nitrogens with one attached hydrogen (secondary N) is 1. The molecule has 5 N–H and O–H groups in total. The third-order valence-corrected chi connectivity index (χ3v) is 3.48. The number of carbonyl (C=O) groups excluding carboxylic acids is 1. The Bertz CT molecular complexity index is 511. The summed E-state index contributed by atoms with van der Waals surface area (Å²) in [5, 5.41) is 0. The van der Waals surface area contributed by atoms with Crippen LogP contribution in [0.4, 0.5) is 5.69 Å². The lowest BCUT2D eigenvalue weighted by atomic mass is 10.2. The van der Waals surface area contributed by atoms with E-state index in [-0.39, 0.29) is 4.90 Å². The highest BCUT2D eigenvalue weighted by molar-refractivity contribution is 7.89. The van der Waals surface area contributed by atoms with Crippen molar-refractivity contribution in [2.45, 2.75) is 11.8 Å². The first-order valence-electron chi connectivity index (χ1n) is 4.47. The van der Waals surface area contributed by atoms with Gasteiger partial charge < -0.3 is 11.5 Å². The van der Waals surface area contributed by atoms with Crippen molar-refractivity contribution in [2.24, 2.45) is 5.73 Å². The Hall–Kier alpha value is -1.60. The normalized spacial score (nSPS) is 11.3. The number of hydrogen-bond acceptors (Lipinski definition) is 4. The van der Waals surface area contributed by atoms with Crippen molar-refractivity contribution in [2.75, 3.05) is 12.3 Å². The second kappa shape index (κ2) is 4.50. The maximum absolute atomic E-state index is 11.7. The van der Waals surface area contributed by atoms with E-state index in [4.69, 9.17) is 11.5 Å². The molecule has 88 valence electrons. The number of sulfonamides is 1. The van der Waals surface area contributed by atoms with E-state index in [1.54, 1.807) is 19.1 Å². The number of benzene rings is 1. The van der Waals surface area contributed by atoms with Gasteiger partial charge in [-0.25, -0.2) is 13.1 Å². The van der Waals surface area contributed by atoms with Crippen LogP contribution in [-0.4, -0.2) is 20.9 Å². The van der Waals surface area contributed by atoms with Crippen LogP contribution < -0.4 is 16.2 Å². The maximum atomic E-state index is 11.7. The molecule has 0 heterocycles. The van der Waals surface area contributed by atoms with Crippen molar-refractivity contribution in [3.05, 3.63) is 23.8 Å². The molecule has 0 saturated heterocycles. The van der Waals surface area contributed by atoms with Crippen molar-refractivity contribution >= 4 is 21.6 Å². The first kappa shape index (κ1) is 12.5. The molecule has 0 aromatic heterocycles. The Labute approximate surface area is 93.7 Å². The van der Waals surface area contributed by atoms with Crippen LogP contribution in [0.1, 0.15) is 5.56 Å². The molecule has 6 nitrogen and oxygen atoms in total. The average Bonchev–Trinajstić information content (AvgIpc) is 2.19. The quantitative estimate of drug-likeness (QED) is 0.609. The lowest BCUT2D eigenvalue weighted by Crippen LogP contribution is -2.33. The summed E-state index contributed by atoms with van der Waals surface area (Å²) < 4.78 is 25.6. The second-order valence-electron chi connectivity index (χ2n) is 3.32. The van der Waals surface area contributed by atoms with Gasteiger partial charge in [-0.1, -0.05) is 6.07 Å². The predicted molar refractivity (Wildman–Crippen MR) is 60.0 cm³/mol. The standard InChI is InChI=1S/C9H13N3O3S/c1-6-2-3-7(10)4-8(6)16(14,15)12-5-9(11)13/h2-4,12H,5,10H2,1H3,(H2,11,13). The third-order valence-electron chi connectivity index (χ3n) is 1.94. The van der Waals surface area contributed by atoms with E-state index in [1.807, 2.05) is 0 Å². The van der Waals surface area contributed by atoms with Gasteiger partial charge in [-0.3, -0.25) is 4.79 Å². The summed E-state index contributed by atoms with van der Waals surface area (Å²) in [7, 11) is -3.74. The van der Waals surface area contributed by atoms with Gasteiger partial charge in [-0.05, 0) is 24.6 Å². The molecular formula is C9H13N3O3S. The zero-order valence-corrected chi connectivity index (χ0v) is 9.54. The second-order valence-corrected chi connectivity index (χ2v) is 5.05. The first-order chi connectivity index (χ1) is 7.33. The lowest BCUT2D eigenvalue weighted by Gasteiger charge is -2.08. The molecule has 0 unspecified atom stereocenters. The van der Waals surface area contributed by atoms with Crippen LogP contribution in [0.5, 0.6) is 0 Å². The number of nitrogen functional groups attached to an aromatic ring is 1. The number of aryl methyl sites for hydroxylation is 1. The molecule has 0 aliphatic rings. The molecule has 0 bridgehead atoms. The summed E-state index contributed by atoms with van der Waals surface area (Å²) in [6, 6.07) is 4.52. The zero-order chi connectivity index (χ0) is 12.3. The number of carbonyl (C=O) groups is 1. The highest BCUT2D eigenvalue weighted by Crippen LogP contribution is 2.17. The van der Waals surface area contributed by atoms with E-state index in [9.17, 15) is 13.2 Å². The maximum Gasteiger partial charge on any atom is 0.241 e. The molecule has 7 heteroatoms. The van der Waals surface area contributed by atoms with Crippen molar-refractivity contribution in [3.8, 4) is 0 Å². The van der Waals surface area contributed by atoms with E-state index in [2.05, 4.69) is 4.72 Å². The molecule has 0 fully saturated rings. The van der Waals surface area contributed by atoms with Crippen LogP contribution in [0.2, 0.25) is 0 Å². The van der Waals surface area contributed by atoms with Gasteiger partial charge in [0.15, 0.2) is 0 Å². The summed E-state index contributed by atoms with van der Waals surface area (Å²) in [6.45, 7) is 1.20. The van der Waals surface area contributed by atoms with Gasteiger partial charge in [-0.2, -0.15) is 0 Å². The molecule has 1 amide bonds. The van der Waals surface area contributed by atoms with Crippen LogP contribution in [0.25, 0.3) is 0 Å². The lowest BCUT2D eigenvalue weighted by molar-refractivity contribution is -0.116. The van der Waals surface area contributed by atoms with Gasteiger partial charge in [0.25, 0.3) is 0 Å². The minimum atomic E-state index is -3.74. The Morgan fingerprint density at radius 3 is 2.62 bits per heavy atom. The number of nitrogens with two attached hydrogens (primary N) is 2. The number of amides is 1. The van der Waals surface area contributed by atoms with Gasteiger partial charge in [0.2, 0.25) is 15.9 Å². The highest BCUT2D eigenvalue weighted by Gasteiger charge is 2.17. The monoisotopic (exact) mass is 243 g/mol. The minimum absolute atomic E-state index is 0.0498. The molecule has 0 saturated carbocycles. The van der Waals surface area contributed by atoms with E-state index < -0.39 is 22.5 Å². The van der Waals surface area contributed by atoms with Crippen LogP contribution in [-0.2, 0) is 14.8 Å². The Morgan fingerprint density at radius 1 is 1.44 bits per heavy atom. The van der Waals surface area contributed by atoms with Crippen LogP contribution in [0.3, 0.4) is 0 Å². The minimum Gasteiger partial charge on any atom is -0.399 e. The van der Waals surface area contributed by atoms with E-state index in [0.29, 0.717) is 11.3 Å². The van der Waals surface area contributed by atoms with Crippen LogP contribution in [0.15, 0.2) is 23.1 Å². The van der Waals surface area contributed by atoms with Crippen LogP contribution in [0, 0.1) is 6.92 Å². The van der Waals surface area contributed by atoms with Gasteiger partial charge in [0.1, 0.15) is 0 Å². The highest BCUT2D eigenvalue weighted by atomic mass is 32.2. The fourth-order valence-electron chi connectivity index (χ4n) is 1.15. The Kier molecular flexibility index (Phi) is 3.51. The largest absolute Gasteiger partial charge is 0.399 e. The number of rotatable bonds is 4. The molecule has 1 aromatic carbocycles. The molecule has 0 radical (unpaired) electrons. The Balaban J connectivity index is 3.07. The number of hydrogen-bond donors (Lipinski definition) is 3. The average molecular weight is 243 g/mol. The SMILES string of the molecule is Cc1ccc(N)cc1S(=O)(=O)NCC(N)=O. The molecule has 0 atom stereocenters. The van der Waals surface area contributed by atoms with Crippen molar-refractivity contribution in [3.63, 3.8) is 0 Å². The smallest absolute Gasteiger partial charge is 0.241 e. The first-order valence-corrected chi connectivity index (χ1v) is 5.95. The fraction of sp³-hybridized carbons (Fsp3) is 0.222. The van der Waals surface area contributed by atoms with Crippen LogP contribution >= 0.6 is 0 Å². The third kappa shape index (κ3) is 2.94. The predicted octanol–water partition coefficient (Wildman–Crippen LogP) is -0.659. The molecule has 0 spiro atoms. The molecule has 0 aliphatic heterocycles. The number of anilines is 1. The topological polar surface area (TPSA) is 115 Å². The van der Waals surface area contributed by atoms with E-state index in [1.165, 1.54) is 6.07 Å². The van der Waals surface area contributed by atoms with Crippen molar-refractivity contribution < 1.29 is 13.2 Å². The van der Waals surface area contributed by atoms with E-state index >= 15 is 0 Å². The summed E-state index contributed by atoms with van der Waals surface area (Å²) >= 11 is 0. The summed E-state index contributed by atoms with van der Waals surface area (Å²) in [4.78, 5) is 10.5. The van der Waals surface area contributed by atoms with E-state index in [0.717, 1.165) is 0 Å². The Morgan fingerprint density at radius 2 is 2.06 bits per heavy atom. The van der Waals surface area contributed by atoms with Gasteiger partial charge in [0.05, 0.1) is 11.4 Å². The molecule has 0 aliphatic carbocycles. The van der Waals surface area contributed by atoms with Gasteiger partial charge in [0, 0.05) is 5.69 Å².